The molecule has 0 heterocycles. The number of amides is 2. The minimum atomic E-state index is -0.562. The second-order valence-electron chi connectivity index (χ2n) is 7.84. The Labute approximate surface area is 183 Å². The summed E-state index contributed by atoms with van der Waals surface area (Å²) in [5, 5.41) is 3.75. The Bertz CT molecular complexity index is 846. The Kier molecular flexibility index (Phi) is 7.75. The van der Waals surface area contributed by atoms with E-state index in [1.807, 2.05) is 36.4 Å². The Morgan fingerprint density at radius 1 is 1.07 bits per heavy atom. The number of benzene rings is 2. The third-order valence-corrected chi connectivity index (χ3v) is 5.90. The fourth-order valence-electron chi connectivity index (χ4n) is 3.78. The van der Waals surface area contributed by atoms with Crippen LogP contribution in [0, 0.1) is 0 Å². The predicted molar refractivity (Wildman–Crippen MR) is 119 cm³/mol. The molecule has 1 atom stereocenters. The van der Waals surface area contributed by atoms with Gasteiger partial charge in [0.2, 0.25) is 11.8 Å². The molecule has 1 fully saturated rings. The second kappa shape index (κ2) is 10.5. The molecule has 0 saturated heterocycles. The van der Waals surface area contributed by atoms with Gasteiger partial charge >= 0.3 is 0 Å². The number of carbonyl (C=O) groups is 2. The fraction of sp³-hybridized carbons (Fsp3) is 0.417. The maximum Gasteiger partial charge on any atom is 0.242 e. The van der Waals surface area contributed by atoms with Gasteiger partial charge in [-0.25, -0.2) is 0 Å². The zero-order valence-corrected chi connectivity index (χ0v) is 18.3. The first-order chi connectivity index (χ1) is 14.5. The van der Waals surface area contributed by atoms with Crippen LogP contribution in [0.3, 0.4) is 0 Å². The summed E-state index contributed by atoms with van der Waals surface area (Å²) in [6.45, 7) is 2.16. The third kappa shape index (κ3) is 5.99. The first kappa shape index (κ1) is 22.2. The molecule has 2 aromatic carbocycles. The molecule has 2 amide bonds. The summed E-state index contributed by atoms with van der Waals surface area (Å²) in [5.74, 6) is 0.562. The number of methoxy groups -OCH3 is 1. The number of nitrogens with one attached hydrogen (secondary N) is 1. The van der Waals surface area contributed by atoms with Gasteiger partial charge in [0.15, 0.2) is 0 Å². The lowest BCUT2D eigenvalue weighted by atomic mass is 10.1. The van der Waals surface area contributed by atoms with Crippen molar-refractivity contribution in [2.45, 2.75) is 57.7 Å². The van der Waals surface area contributed by atoms with Crippen LogP contribution in [0.4, 0.5) is 0 Å². The minimum Gasteiger partial charge on any atom is -0.497 e. The van der Waals surface area contributed by atoms with Gasteiger partial charge in [-0.05, 0) is 55.2 Å². The molecule has 1 saturated carbocycles. The molecular weight excluding hydrogens is 400 g/mol. The van der Waals surface area contributed by atoms with Crippen LogP contribution in [0.5, 0.6) is 5.75 Å². The second-order valence-corrected chi connectivity index (χ2v) is 8.28. The first-order valence-corrected chi connectivity index (χ1v) is 10.8. The molecule has 0 bridgehead atoms. The van der Waals surface area contributed by atoms with Gasteiger partial charge < -0.3 is 15.0 Å². The van der Waals surface area contributed by atoms with Crippen molar-refractivity contribution in [1.82, 2.24) is 10.2 Å². The summed E-state index contributed by atoms with van der Waals surface area (Å²) in [7, 11) is 1.62. The number of carbonyl (C=O) groups excluding carboxylic acids is 2. The van der Waals surface area contributed by atoms with E-state index in [1.54, 1.807) is 31.1 Å². The van der Waals surface area contributed by atoms with E-state index < -0.39 is 6.04 Å². The first-order valence-electron chi connectivity index (χ1n) is 10.4. The quantitative estimate of drug-likeness (QED) is 0.679. The van der Waals surface area contributed by atoms with Crippen molar-refractivity contribution < 1.29 is 14.3 Å². The molecule has 3 rings (SSSR count). The standard InChI is InChI=1S/C24H29ClN2O3/c1-17(24(29)26-21-5-3-4-6-21)27(16-19-9-13-22(30-2)14-10-19)23(28)15-18-7-11-20(25)12-8-18/h7-14,17,21H,3-6,15-16H2,1-2H3,(H,26,29)/t17-/m0/s1. The molecule has 1 N–H and O–H groups in total. The average Bonchev–Trinajstić information content (AvgIpc) is 3.26. The Hall–Kier alpha value is -2.53. The smallest absolute Gasteiger partial charge is 0.242 e. The van der Waals surface area contributed by atoms with E-state index in [9.17, 15) is 9.59 Å². The lowest BCUT2D eigenvalue weighted by molar-refractivity contribution is -0.140. The Balaban J connectivity index is 1.75. The van der Waals surface area contributed by atoms with Crippen molar-refractivity contribution in [2.24, 2.45) is 0 Å². The normalized spacial score (nSPS) is 14.9. The van der Waals surface area contributed by atoms with Crippen LogP contribution in [-0.2, 0) is 22.6 Å². The molecule has 0 aliphatic heterocycles. The van der Waals surface area contributed by atoms with Crippen LogP contribution < -0.4 is 10.1 Å². The lowest BCUT2D eigenvalue weighted by Gasteiger charge is -2.30. The molecule has 0 aromatic heterocycles. The fourth-order valence-corrected chi connectivity index (χ4v) is 3.91. The van der Waals surface area contributed by atoms with E-state index in [2.05, 4.69) is 5.32 Å². The molecule has 2 aromatic rings. The number of hydrogen-bond acceptors (Lipinski definition) is 3. The number of halogens is 1. The lowest BCUT2D eigenvalue weighted by Crippen LogP contribution is -2.50. The summed E-state index contributed by atoms with van der Waals surface area (Å²) < 4.78 is 5.21. The molecule has 0 radical (unpaired) electrons. The van der Waals surface area contributed by atoms with Crippen LogP contribution in [0.1, 0.15) is 43.7 Å². The summed E-state index contributed by atoms with van der Waals surface area (Å²) in [5.41, 5.74) is 1.81. The van der Waals surface area contributed by atoms with E-state index >= 15 is 0 Å². The number of rotatable bonds is 8. The highest BCUT2D eigenvalue weighted by Crippen LogP contribution is 2.20. The molecule has 0 spiro atoms. The van der Waals surface area contributed by atoms with Gasteiger partial charge in [-0.3, -0.25) is 9.59 Å². The molecule has 5 nitrogen and oxygen atoms in total. The van der Waals surface area contributed by atoms with Gasteiger partial charge in [0, 0.05) is 17.6 Å². The molecule has 0 unspecified atom stereocenters. The predicted octanol–water partition coefficient (Wildman–Crippen LogP) is 4.37. The van der Waals surface area contributed by atoms with Crippen LogP contribution in [0.25, 0.3) is 0 Å². The molecule has 30 heavy (non-hydrogen) atoms. The average molecular weight is 429 g/mol. The van der Waals surface area contributed by atoms with Crippen molar-refractivity contribution >= 4 is 23.4 Å². The summed E-state index contributed by atoms with van der Waals surface area (Å²) in [4.78, 5) is 27.7. The van der Waals surface area contributed by atoms with Gasteiger partial charge in [0.25, 0.3) is 0 Å². The van der Waals surface area contributed by atoms with Crippen LogP contribution in [-0.4, -0.2) is 35.9 Å². The topological polar surface area (TPSA) is 58.6 Å². The van der Waals surface area contributed by atoms with Gasteiger partial charge in [-0.1, -0.05) is 48.7 Å². The molecule has 160 valence electrons. The summed E-state index contributed by atoms with van der Waals surface area (Å²) in [6.07, 6.45) is 4.52. The zero-order chi connectivity index (χ0) is 21.5. The van der Waals surface area contributed by atoms with Crippen molar-refractivity contribution in [3.8, 4) is 5.75 Å². The number of nitrogens with zero attached hydrogens (tertiary/aromatic N) is 1. The largest absolute Gasteiger partial charge is 0.497 e. The van der Waals surface area contributed by atoms with Gasteiger partial charge in [0.1, 0.15) is 11.8 Å². The van der Waals surface area contributed by atoms with Crippen molar-refractivity contribution in [2.75, 3.05) is 7.11 Å². The molecule has 1 aliphatic rings. The maximum absolute atomic E-state index is 13.2. The van der Waals surface area contributed by atoms with Crippen molar-refractivity contribution in [3.05, 3.63) is 64.7 Å². The zero-order valence-electron chi connectivity index (χ0n) is 17.6. The van der Waals surface area contributed by atoms with E-state index in [0.717, 1.165) is 42.6 Å². The monoisotopic (exact) mass is 428 g/mol. The maximum atomic E-state index is 13.2. The van der Waals surface area contributed by atoms with Crippen LogP contribution in [0.2, 0.25) is 5.02 Å². The van der Waals surface area contributed by atoms with Gasteiger partial charge in [0.05, 0.1) is 13.5 Å². The van der Waals surface area contributed by atoms with Crippen LogP contribution in [0.15, 0.2) is 48.5 Å². The van der Waals surface area contributed by atoms with Crippen LogP contribution >= 0.6 is 11.6 Å². The van der Waals surface area contributed by atoms with Crippen molar-refractivity contribution in [1.29, 1.82) is 0 Å². The van der Waals surface area contributed by atoms with E-state index in [-0.39, 0.29) is 24.3 Å². The van der Waals surface area contributed by atoms with Gasteiger partial charge in [-0.2, -0.15) is 0 Å². The Morgan fingerprint density at radius 2 is 1.67 bits per heavy atom. The summed E-state index contributed by atoms with van der Waals surface area (Å²) >= 11 is 5.96. The highest BCUT2D eigenvalue weighted by atomic mass is 35.5. The van der Waals surface area contributed by atoms with E-state index in [0.29, 0.717) is 11.6 Å². The molecule has 6 heteroatoms. The summed E-state index contributed by atoms with van der Waals surface area (Å²) in [6, 6.07) is 14.4. The van der Waals surface area contributed by atoms with E-state index in [4.69, 9.17) is 16.3 Å². The van der Waals surface area contributed by atoms with E-state index in [1.165, 1.54) is 0 Å². The van der Waals surface area contributed by atoms with Crippen molar-refractivity contribution in [3.63, 3.8) is 0 Å². The SMILES string of the molecule is COc1ccc(CN(C(=O)Cc2ccc(Cl)cc2)[C@@H](C)C(=O)NC2CCCC2)cc1. The number of ether oxygens (including phenoxy) is 1. The van der Waals surface area contributed by atoms with Gasteiger partial charge in [-0.15, -0.1) is 0 Å². The molecular formula is C24H29ClN2O3. The third-order valence-electron chi connectivity index (χ3n) is 5.65. The highest BCUT2D eigenvalue weighted by molar-refractivity contribution is 6.30. The minimum absolute atomic E-state index is 0.0952. The highest BCUT2D eigenvalue weighted by Gasteiger charge is 2.28. The Morgan fingerprint density at radius 3 is 2.27 bits per heavy atom. The number of hydrogen-bond donors (Lipinski definition) is 1. The molecule has 1 aliphatic carbocycles.